The highest BCUT2D eigenvalue weighted by Crippen LogP contribution is 2.23. The molecular formula is C19H25N5O2S2. The van der Waals surface area contributed by atoms with Gasteiger partial charge in [0.15, 0.2) is 3.95 Å². The van der Waals surface area contributed by atoms with Gasteiger partial charge in [-0.3, -0.25) is 15.2 Å². The highest BCUT2D eigenvalue weighted by molar-refractivity contribution is 7.73. The molecule has 0 aliphatic heterocycles. The summed E-state index contributed by atoms with van der Waals surface area (Å²) in [6.07, 6.45) is 6.32. The number of carbonyl (C=O) groups excluding carboxylic acids is 2. The lowest BCUT2D eigenvalue weighted by Gasteiger charge is -2.23. The van der Waals surface area contributed by atoms with Crippen LogP contribution in [0.15, 0.2) is 30.3 Å². The van der Waals surface area contributed by atoms with E-state index in [0.717, 1.165) is 5.56 Å². The molecule has 2 aromatic rings. The zero-order chi connectivity index (χ0) is 19.8. The zero-order valence-electron chi connectivity index (χ0n) is 15.6. The topological polar surface area (TPSA) is 98.9 Å². The molecule has 1 saturated carbocycles. The third-order valence-electron chi connectivity index (χ3n) is 4.87. The molecule has 1 aliphatic rings. The van der Waals surface area contributed by atoms with Crippen LogP contribution in [0.25, 0.3) is 0 Å². The Bertz CT molecular complexity index is 830. The van der Waals surface area contributed by atoms with E-state index in [0.29, 0.717) is 21.5 Å². The van der Waals surface area contributed by atoms with E-state index in [1.807, 2.05) is 30.3 Å². The molecule has 1 unspecified atom stereocenters. The maximum absolute atomic E-state index is 12.5. The minimum Gasteiger partial charge on any atom is -0.356 e. The number of H-pyrrole nitrogens is 1. The SMILES string of the molecule is O=C(CC(NC(=O)Nc1n[nH]c(=S)s1)c1ccccc1)NCC1CCCCC1. The minimum absolute atomic E-state index is 0.0600. The highest BCUT2D eigenvalue weighted by atomic mass is 32.1. The molecule has 1 fully saturated rings. The molecular weight excluding hydrogens is 394 g/mol. The quantitative estimate of drug-likeness (QED) is 0.507. The molecule has 0 saturated heterocycles. The van der Waals surface area contributed by atoms with Gasteiger partial charge < -0.3 is 10.6 Å². The van der Waals surface area contributed by atoms with Gasteiger partial charge in [0.25, 0.3) is 0 Å². The number of rotatable bonds is 7. The largest absolute Gasteiger partial charge is 0.356 e. The molecule has 1 aromatic heterocycles. The maximum Gasteiger partial charge on any atom is 0.321 e. The summed E-state index contributed by atoms with van der Waals surface area (Å²) in [5, 5.41) is 15.5. The van der Waals surface area contributed by atoms with Crippen LogP contribution in [0.3, 0.4) is 0 Å². The van der Waals surface area contributed by atoms with E-state index in [2.05, 4.69) is 26.1 Å². The fraction of sp³-hybridized carbons (Fsp3) is 0.474. The first-order valence-electron chi connectivity index (χ1n) is 9.55. The Balaban J connectivity index is 1.57. The number of nitrogens with one attached hydrogen (secondary N) is 4. The van der Waals surface area contributed by atoms with E-state index in [1.165, 1.54) is 43.4 Å². The van der Waals surface area contributed by atoms with Gasteiger partial charge in [0, 0.05) is 6.54 Å². The summed E-state index contributed by atoms with van der Waals surface area (Å²) in [6.45, 7) is 0.711. The summed E-state index contributed by atoms with van der Waals surface area (Å²) in [4.78, 5) is 24.9. The standard InChI is InChI=1S/C19H25N5O2S2/c25-16(20-12-13-7-3-1-4-8-13)11-15(14-9-5-2-6-10-14)21-17(26)22-18-23-24-19(27)28-18/h2,5-6,9-10,13,15H,1,3-4,7-8,11-12H2,(H,20,25)(H,24,27)(H2,21,22,23,26). The molecule has 1 atom stereocenters. The summed E-state index contributed by atoms with van der Waals surface area (Å²) in [6, 6.07) is 8.63. The van der Waals surface area contributed by atoms with E-state index in [1.54, 1.807) is 0 Å². The van der Waals surface area contributed by atoms with Crippen LogP contribution < -0.4 is 16.0 Å². The van der Waals surface area contributed by atoms with Crippen LogP contribution in [0, 0.1) is 9.87 Å². The van der Waals surface area contributed by atoms with Gasteiger partial charge in [-0.25, -0.2) is 4.79 Å². The number of amides is 3. The number of aromatic amines is 1. The van der Waals surface area contributed by atoms with Crippen LogP contribution in [0.2, 0.25) is 0 Å². The first-order valence-corrected chi connectivity index (χ1v) is 10.8. The summed E-state index contributed by atoms with van der Waals surface area (Å²) in [5.41, 5.74) is 0.875. The summed E-state index contributed by atoms with van der Waals surface area (Å²) >= 11 is 6.14. The maximum atomic E-state index is 12.5. The second-order valence-corrected chi connectivity index (χ2v) is 8.66. The molecule has 150 valence electrons. The Morgan fingerprint density at radius 2 is 1.96 bits per heavy atom. The monoisotopic (exact) mass is 419 g/mol. The van der Waals surface area contributed by atoms with Crippen molar-refractivity contribution >= 4 is 40.6 Å². The summed E-state index contributed by atoms with van der Waals surface area (Å²) < 4.78 is 0.483. The minimum atomic E-state index is -0.431. The Morgan fingerprint density at radius 3 is 2.64 bits per heavy atom. The third kappa shape index (κ3) is 6.42. The predicted octanol–water partition coefficient (Wildman–Crippen LogP) is 4.15. The molecule has 3 rings (SSSR count). The second kappa shape index (κ2) is 10.3. The van der Waals surface area contributed by atoms with Crippen LogP contribution in [0.1, 0.15) is 50.1 Å². The Kier molecular flexibility index (Phi) is 7.55. The lowest BCUT2D eigenvalue weighted by atomic mass is 9.89. The van der Waals surface area contributed by atoms with E-state index in [4.69, 9.17) is 12.2 Å². The van der Waals surface area contributed by atoms with Crippen molar-refractivity contribution in [1.82, 2.24) is 20.8 Å². The predicted molar refractivity (Wildman–Crippen MR) is 113 cm³/mol. The number of hydrogen-bond acceptors (Lipinski definition) is 5. The molecule has 1 aromatic carbocycles. The van der Waals surface area contributed by atoms with Crippen molar-refractivity contribution in [3.8, 4) is 0 Å². The van der Waals surface area contributed by atoms with Crippen LogP contribution >= 0.6 is 23.6 Å². The fourth-order valence-corrected chi connectivity index (χ4v) is 4.20. The molecule has 28 heavy (non-hydrogen) atoms. The summed E-state index contributed by atoms with van der Waals surface area (Å²) in [5.74, 6) is 0.507. The van der Waals surface area contributed by atoms with Crippen LogP contribution in [-0.4, -0.2) is 28.7 Å². The molecule has 7 nitrogen and oxygen atoms in total. The van der Waals surface area contributed by atoms with Crippen molar-refractivity contribution in [2.75, 3.05) is 11.9 Å². The Hall–Kier alpha value is -2.26. The van der Waals surface area contributed by atoms with E-state index >= 15 is 0 Å². The highest BCUT2D eigenvalue weighted by Gasteiger charge is 2.20. The van der Waals surface area contributed by atoms with Crippen LogP contribution in [0.5, 0.6) is 0 Å². The van der Waals surface area contributed by atoms with Gasteiger partial charge in [-0.2, -0.15) is 0 Å². The van der Waals surface area contributed by atoms with Gasteiger partial charge in [-0.05, 0) is 36.5 Å². The van der Waals surface area contributed by atoms with Crippen molar-refractivity contribution in [1.29, 1.82) is 0 Å². The Morgan fingerprint density at radius 1 is 1.21 bits per heavy atom. The van der Waals surface area contributed by atoms with E-state index in [-0.39, 0.29) is 12.3 Å². The number of nitrogens with zero attached hydrogens (tertiary/aromatic N) is 1. The molecule has 1 heterocycles. The number of aromatic nitrogens is 2. The number of anilines is 1. The van der Waals surface area contributed by atoms with Crippen LogP contribution in [0.4, 0.5) is 9.93 Å². The number of benzene rings is 1. The van der Waals surface area contributed by atoms with E-state index < -0.39 is 12.1 Å². The van der Waals surface area contributed by atoms with Crippen molar-refractivity contribution in [3.05, 3.63) is 39.8 Å². The molecule has 0 radical (unpaired) electrons. The fourth-order valence-electron chi connectivity index (χ4n) is 3.42. The number of carbonyl (C=O) groups is 2. The normalized spacial score (nSPS) is 15.6. The number of hydrogen-bond donors (Lipinski definition) is 4. The van der Waals surface area contributed by atoms with Crippen molar-refractivity contribution in [2.24, 2.45) is 5.92 Å². The first-order chi connectivity index (χ1) is 13.6. The van der Waals surface area contributed by atoms with Crippen LogP contribution in [-0.2, 0) is 4.79 Å². The van der Waals surface area contributed by atoms with Gasteiger partial charge in [0.1, 0.15) is 0 Å². The smallest absolute Gasteiger partial charge is 0.321 e. The lowest BCUT2D eigenvalue weighted by Crippen LogP contribution is -2.37. The molecule has 4 N–H and O–H groups in total. The molecule has 1 aliphatic carbocycles. The Labute approximate surface area is 173 Å². The lowest BCUT2D eigenvalue weighted by molar-refractivity contribution is -0.121. The van der Waals surface area contributed by atoms with Gasteiger partial charge in [-0.15, -0.1) is 5.10 Å². The average molecular weight is 420 g/mol. The number of urea groups is 1. The zero-order valence-corrected chi connectivity index (χ0v) is 17.2. The average Bonchev–Trinajstić information content (AvgIpc) is 3.12. The molecule has 3 amide bonds. The van der Waals surface area contributed by atoms with Gasteiger partial charge in [0.05, 0.1) is 12.5 Å². The van der Waals surface area contributed by atoms with Crippen molar-refractivity contribution in [3.63, 3.8) is 0 Å². The third-order valence-corrected chi connectivity index (χ3v) is 5.87. The molecule has 0 spiro atoms. The first kappa shape index (κ1) is 20.5. The molecule has 0 bridgehead atoms. The second-order valence-electron chi connectivity index (χ2n) is 6.99. The van der Waals surface area contributed by atoms with Gasteiger partial charge in [-0.1, -0.05) is 60.9 Å². The van der Waals surface area contributed by atoms with Gasteiger partial charge >= 0.3 is 6.03 Å². The van der Waals surface area contributed by atoms with Crippen molar-refractivity contribution in [2.45, 2.75) is 44.6 Å². The van der Waals surface area contributed by atoms with Crippen molar-refractivity contribution < 1.29 is 9.59 Å². The molecule has 9 heteroatoms. The summed E-state index contributed by atoms with van der Waals surface area (Å²) in [7, 11) is 0. The van der Waals surface area contributed by atoms with Gasteiger partial charge in [0.2, 0.25) is 11.0 Å². The van der Waals surface area contributed by atoms with E-state index in [9.17, 15) is 9.59 Å².